The molecule has 1 aliphatic heterocycles. The molecule has 1 saturated heterocycles. The van der Waals surface area contributed by atoms with E-state index in [0.717, 1.165) is 10.5 Å². The van der Waals surface area contributed by atoms with Crippen molar-refractivity contribution in [1.29, 1.82) is 0 Å². The molecule has 0 bridgehead atoms. The van der Waals surface area contributed by atoms with Gasteiger partial charge < -0.3 is 9.84 Å². The maximum atomic E-state index is 12.9. The van der Waals surface area contributed by atoms with Crippen LogP contribution in [0.3, 0.4) is 0 Å². The number of barbiturate groups is 1. The molecule has 0 aliphatic carbocycles. The third-order valence-corrected chi connectivity index (χ3v) is 5.40. The van der Waals surface area contributed by atoms with Crippen LogP contribution in [0.15, 0.2) is 72.3 Å². The van der Waals surface area contributed by atoms with E-state index < -0.39 is 17.8 Å². The molecule has 3 aromatic carbocycles. The number of nitrogens with one attached hydrogen (secondary N) is 1. The maximum absolute atomic E-state index is 12.9. The number of phenols is 1. The number of ether oxygens (including phenoxy) is 1. The molecule has 0 radical (unpaired) electrons. The van der Waals surface area contributed by atoms with Gasteiger partial charge in [-0.25, -0.2) is 9.69 Å². The first-order valence-corrected chi connectivity index (χ1v) is 10.4. The Kier molecular flexibility index (Phi) is 6.35. The van der Waals surface area contributed by atoms with Crippen molar-refractivity contribution in [3.05, 3.63) is 93.5 Å². The Labute approximate surface area is 198 Å². The van der Waals surface area contributed by atoms with Gasteiger partial charge in [0.1, 0.15) is 23.7 Å². The van der Waals surface area contributed by atoms with Gasteiger partial charge in [0.15, 0.2) is 0 Å². The summed E-state index contributed by atoms with van der Waals surface area (Å²) in [5.41, 5.74) is 1.32. The number of benzene rings is 3. The van der Waals surface area contributed by atoms with E-state index in [4.69, 9.17) is 27.9 Å². The van der Waals surface area contributed by atoms with Crippen molar-refractivity contribution in [2.75, 3.05) is 4.90 Å². The van der Waals surface area contributed by atoms with Crippen LogP contribution >= 0.6 is 23.2 Å². The minimum atomic E-state index is -0.852. The largest absolute Gasteiger partial charge is 0.508 e. The normalized spacial score (nSPS) is 15.0. The summed E-state index contributed by atoms with van der Waals surface area (Å²) >= 11 is 12.0. The van der Waals surface area contributed by atoms with Gasteiger partial charge in [0, 0.05) is 15.6 Å². The smallest absolute Gasteiger partial charge is 0.335 e. The molecule has 4 amide bonds. The summed E-state index contributed by atoms with van der Waals surface area (Å²) in [4.78, 5) is 38.4. The predicted octanol–water partition coefficient (Wildman–Crippen LogP) is 4.94. The lowest BCUT2D eigenvalue weighted by molar-refractivity contribution is -0.122. The number of rotatable bonds is 5. The lowest BCUT2D eigenvalue weighted by Gasteiger charge is -2.26. The second kappa shape index (κ2) is 9.36. The van der Waals surface area contributed by atoms with Crippen LogP contribution in [-0.2, 0) is 16.2 Å². The van der Waals surface area contributed by atoms with Crippen molar-refractivity contribution in [1.82, 2.24) is 5.32 Å². The summed E-state index contributed by atoms with van der Waals surface area (Å²) in [5.74, 6) is -1.02. The molecule has 0 unspecified atom stereocenters. The number of anilines is 1. The highest BCUT2D eigenvalue weighted by Crippen LogP contribution is 2.26. The molecule has 9 heteroatoms. The van der Waals surface area contributed by atoms with Gasteiger partial charge in [0.25, 0.3) is 11.8 Å². The van der Waals surface area contributed by atoms with Crippen LogP contribution in [-0.4, -0.2) is 23.0 Å². The Bertz CT molecular complexity index is 1270. The lowest BCUT2D eigenvalue weighted by Crippen LogP contribution is -2.54. The Morgan fingerprint density at radius 1 is 0.939 bits per heavy atom. The second-order valence-corrected chi connectivity index (χ2v) is 7.91. The number of hydrogen-bond acceptors (Lipinski definition) is 5. The average Bonchev–Trinajstić information content (AvgIpc) is 2.78. The first kappa shape index (κ1) is 22.4. The molecule has 1 fully saturated rings. The molecule has 1 aliphatic rings. The number of phenolic OH excluding ortho intramolecular Hbond substituents is 1. The molecule has 4 rings (SSSR count). The molecular weight excluding hydrogens is 467 g/mol. The molecule has 0 atom stereocenters. The van der Waals surface area contributed by atoms with E-state index in [1.165, 1.54) is 30.3 Å². The standard InChI is InChI=1S/C24H16Cl2N2O5/c25-16-4-3-15(21(26)12-16)13-33-19-9-5-17(6-10-19)28-23(31)20(22(30)27-24(28)32)11-14-1-7-18(29)8-2-14/h1-12,29H,13H2,(H,27,30,32)/b20-11+. The van der Waals surface area contributed by atoms with Gasteiger partial charge >= 0.3 is 6.03 Å². The SMILES string of the molecule is O=C1NC(=O)N(c2ccc(OCc3ccc(Cl)cc3Cl)cc2)C(=O)/C1=C/c1ccc(O)cc1. The first-order valence-electron chi connectivity index (χ1n) is 9.69. The maximum Gasteiger partial charge on any atom is 0.335 e. The monoisotopic (exact) mass is 482 g/mol. The van der Waals surface area contributed by atoms with Crippen molar-refractivity contribution >= 4 is 52.8 Å². The third-order valence-electron chi connectivity index (χ3n) is 4.81. The number of amides is 4. The molecule has 0 saturated carbocycles. The van der Waals surface area contributed by atoms with Gasteiger partial charge in [0.2, 0.25) is 0 Å². The third kappa shape index (κ3) is 5.00. The van der Waals surface area contributed by atoms with Crippen molar-refractivity contribution in [3.63, 3.8) is 0 Å². The van der Waals surface area contributed by atoms with Gasteiger partial charge in [-0.3, -0.25) is 14.9 Å². The van der Waals surface area contributed by atoms with Crippen LogP contribution in [0.5, 0.6) is 11.5 Å². The number of urea groups is 1. The highest BCUT2D eigenvalue weighted by molar-refractivity contribution is 6.39. The van der Waals surface area contributed by atoms with Gasteiger partial charge in [-0.15, -0.1) is 0 Å². The number of carbonyl (C=O) groups excluding carboxylic acids is 3. The highest BCUT2D eigenvalue weighted by Gasteiger charge is 2.36. The topological polar surface area (TPSA) is 95.9 Å². The van der Waals surface area contributed by atoms with E-state index in [2.05, 4.69) is 5.32 Å². The molecule has 7 nitrogen and oxygen atoms in total. The summed E-state index contributed by atoms with van der Waals surface area (Å²) in [6.07, 6.45) is 1.35. The minimum absolute atomic E-state index is 0.0500. The number of imide groups is 2. The van der Waals surface area contributed by atoms with Gasteiger partial charge in [-0.05, 0) is 60.2 Å². The van der Waals surface area contributed by atoms with Crippen molar-refractivity contribution in [2.24, 2.45) is 0 Å². The fraction of sp³-hybridized carbons (Fsp3) is 0.0417. The molecule has 0 aromatic heterocycles. The van der Waals surface area contributed by atoms with Crippen molar-refractivity contribution in [3.8, 4) is 11.5 Å². The molecule has 3 aromatic rings. The van der Waals surface area contributed by atoms with E-state index in [9.17, 15) is 19.5 Å². The van der Waals surface area contributed by atoms with Crippen LogP contribution in [0.4, 0.5) is 10.5 Å². The molecular formula is C24H16Cl2N2O5. The Morgan fingerprint density at radius 2 is 1.64 bits per heavy atom. The number of aromatic hydroxyl groups is 1. The zero-order chi connectivity index (χ0) is 23.5. The summed E-state index contributed by atoms with van der Waals surface area (Å²) < 4.78 is 5.72. The Hall–Kier alpha value is -3.81. The zero-order valence-corrected chi connectivity index (χ0v) is 18.4. The van der Waals surface area contributed by atoms with E-state index in [1.54, 1.807) is 42.5 Å². The number of nitrogens with zero attached hydrogens (tertiary/aromatic N) is 1. The van der Waals surface area contributed by atoms with Gasteiger partial charge in [0.05, 0.1) is 5.69 Å². The fourth-order valence-electron chi connectivity index (χ4n) is 3.12. The number of hydrogen-bond donors (Lipinski definition) is 2. The van der Waals surface area contributed by atoms with Crippen LogP contribution in [0.25, 0.3) is 6.08 Å². The summed E-state index contributed by atoms with van der Waals surface area (Å²) in [6.45, 7) is 0.201. The predicted molar refractivity (Wildman–Crippen MR) is 124 cm³/mol. The average molecular weight is 483 g/mol. The summed E-state index contributed by atoms with van der Waals surface area (Å²) in [6, 6.07) is 16.4. The highest BCUT2D eigenvalue weighted by atomic mass is 35.5. The van der Waals surface area contributed by atoms with Crippen molar-refractivity contribution < 1.29 is 24.2 Å². The zero-order valence-electron chi connectivity index (χ0n) is 16.9. The molecule has 33 heavy (non-hydrogen) atoms. The second-order valence-electron chi connectivity index (χ2n) is 7.07. The van der Waals surface area contributed by atoms with Crippen molar-refractivity contribution in [2.45, 2.75) is 6.61 Å². The molecule has 1 heterocycles. The van der Waals surface area contributed by atoms with Crippen LogP contribution in [0.1, 0.15) is 11.1 Å². The molecule has 166 valence electrons. The first-order chi connectivity index (χ1) is 15.8. The molecule has 0 spiro atoms. The van der Waals surface area contributed by atoms with Gasteiger partial charge in [-0.1, -0.05) is 41.4 Å². The van der Waals surface area contributed by atoms with Gasteiger partial charge in [-0.2, -0.15) is 0 Å². The van der Waals surface area contributed by atoms with E-state index >= 15 is 0 Å². The van der Waals surface area contributed by atoms with E-state index in [-0.39, 0.29) is 23.6 Å². The minimum Gasteiger partial charge on any atom is -0.508 e. The summed E-state index contributed by atoms with van der Waals surface area (Å²) in [5, 5.41) is 12.6. The fourth-order valence-corrected chi connectivity index (χ4v) is 3.58. The Balaban J connectivity index is 1.52. The molecule has 2 N–H and O–H groups in total. The quantitative estimate of drug-likeness (QED) is 0.396. The Morgan fingerprint density at radius 3 is 2.30 bits per heavy atom. The number of carbonyl (C=O) groups is 3. The van der Waals surface area contributed by atoms with Crippen LogP contribution < -0.4 is 15.0 Å². The lowest BCUT2D eigenvalue weighted by atomic mass is 10.1. The van der Waals surface area contributed by atoms with Crippen LogP contribution in [0, 0.1) is 0 Å². The number of halogens is 2. The van der Waals surface area contributed by atoms with Crippen LogP contribution in [0.2, 0.25) is 10.0 Å². The van der Waals surface area contributed by atoms with E-state index in [1.807, 2.05) is 0 Å². The van der Waals surface area contributed by atoms with E-state index in [0.29, 0.717) is 21.4 Å². The summed E-state index contributed by atoms with van der Waals surface area (Å²) in [7, 11) is 0.